The van der Waals surface area contributed by atoms with Gasteiger partial charge in [-0.15, -0.1) is 0 Å². The number of carbonyl (C=O) groups is 2. The Morgan fingerprint density at radius 1 is 1.00 bits per heavy atom. The molecule has 1 aliphatic rings. The van der Waals surface area contributed by atoms with Crippen LogP contribution in [-0.4, -0.2) is 42.9 Å². The molecule has 2 amide bonds. The van der Waals surface area contributed by atoms with Crippen LogP contribution in [0.3, 0.4) is 0 Å². The van der Waals surface area contributed by atoms with Crippen molar-refractivity contribution >= 4 is 46.4 Å². The number of benzene rings is 2. The lowest BCUT2D eigenvalue weighted by Crippen LogP contribution is -2.51. The number of halogens is 2. The molecule has 7 heteroatoms. The molecular formula is C20H21Cl2N3O2. The Morgan fingerprint density at radius 3 is 2.33 bits per heavy atom. The highest BCUT2D eigenvalue weighted by Crippen LogP contribution is 2.27. The van der Waals surface area contributed by atoms with Crippen molar-refractivity contribution in [1.29, 1.82) is 0 Å². The van der Waals surface area contributed by atoms with Crippen LogP contribution >= 0.6 is 23.2 Å². The summed E-state index contributed by atoms with van der Waals surface area (Å²) >= 11 is 12.3. The van der Waals surface area contributed by atoms with Crippen molar-refractivity contribution in [3.05, 3.63) is 57.6 Å². The molecule has 3 rings (SSSR count). The molecule has 2 aromatic carbocycles. The molecule has 1 N–H and O–H groups in total. The Balaban J connectivity index is 1.61. The molecule has 0 unspecified atom stereocenters. The highest BCUT2D eigenvalue weighted by atomic mass is 35.5. The van der Waals surface area contributed by atoms with E-state index in [9.17, 15) is 9.59 Å². The minimum Gasteiger partial charge on any atom is -0.368 e. The van der Waals surface area contributed by atoms with E-state index >= 15 is 0 Å². The molecule has 0 aliphatic carbocycles. The summed E-state index contributed by atoms with van der Waals surface area (Å²) in [5.41, 5.74) is 3.32. The van der Waals surface area contributed by atoms with Gasteiger partial charge in [0, 0.05) is 36.9 Å². The number of anilines is 2. The van der Waals surface area contributed by atoms with Crippen molar-refractivity contribution in [2.45, 2.75) is 13.8 Å². The fourth-order valence-corrected chi connectivity index (χ4v) is 3.78. The van der Waals surface area contributed by atoms with Crippen molar-refractivity contribution in [3.8, 4) is 0 Å². The van der Waals surface area contributed by atoms with Gasteiger partial charge in [0.1, 0.15) is 0 Å². The van der Waals surface area contributed by atoms with Crippen molar-refractivity contribution < 1.29 is 9.59 Å². The number of rotatable bonds is 2. The Hall–Kier alpha value is -2.24. The van der Waals surface area contributed by atoms with Crippen LogP contribution in [-0.2, 0) is 9.59 Å². The Morgan fingerprint density at radius 2 is 1.70 bits per heavy atom. The van der Waals surface area contributed by atoms with Gasteiger partial charge in [0.05, 0.1) is 10.7 Å². The van der Waals surface area contributed by atoms with Crippen LogP contribution in [0.4, 0.5) is 11.4 Å². The van der Waals surface area contributed by atoms with E-state index in [0.717, 1.165) is 16.8 Å². The molecule has 1 fully saturated rings. The van der Waals surface area contributed by atoms with Gasteiger partial charge in [-0.2, -0.15) is 0 Å². The summed E-state index contributed by atoms with van der Waals surface area (Å²) in [4.78, 5) is 28.6. The molecule has 0 radical (unpaired) electrons. The summed E-state index contributed by atoms with van der Waals surface area (Å²) in [6.07, 6.45) is 0. The number of piperazine rings is 1. The van der Waals surface area contributed by atoms with Crippen molar-refractivity contribution in [2.24, 2.45) is 0 Å². The Kier molecular flexibility index (Phi) is 5.92. The number of hydrogen-bond acceptors (Lipinski definition) is 3. The standard InChI is InChI=1S/C20H21Cl2N3O2/c1-13-10-14(2)18(17(22)11-13)23-19(26)20(27)25-8-6-24(7-9-25)16-5-3-4-15(21)12-16/h3-5,10-12H,6-9H2,1-2H3,(H,23,26). The van der Waals surface area contributed by atoms with E-state index in [1.807, 2.05) is 44.2 Å². The van der Waals surface area contributed by atoms with E-state index in [2.05, 4.69) is 10.2 Å². The zero-order valence-corrected chi connectivity index (χ0v) is 16.8. The molecule has 5 nitrogen and oxygen atoms in total. The van der Waals surface area contributed by atoms with Gasteiger partial charge < -0.3 is 15.1 Å². The fourth-order valence-electron chi connectivity index (χ4n) is 3.23. The molecule has 1 heterocycles. The third-order valence-corrected chi connectivity index (χ3v) is 5.14. The average molecular weight is 406 g/mol. The maximum Gasteiger partial charge on any atom is 0.313 e. The zero-order valence-electron chi connectivity index (χ0n) is 15.3. The van der Waals surface area contributed by atoms with Gasteiger partial charge in [0.25, 0.3) is 0 Å². The SMILES string of the molecule is Cc1cc(C)c(NC(=O)C(=O)N2CCN(c3cccc(Cl)c3)CC2)c(Cl)c1. The third-order valence-electron chi connectivity index (χ3n) is 4.60. The first-order valence-corrected chi connectivity index (χ1v) is 9.48. The minimum atomic E-state index is -0.667. The average Bonchev–Trinajstić information content (AvgIpc) is 2.64. The van der Waals surface area contributed by atoms with Gasteiger partial charge in [-0.25, -0.2) is 0 Å². The fraction of sp³-hybridized carbons (Fsp3) is 0.300. The number of aryl methyl sites for hydroxylation is 2. The predicted octanol–water partition coefficient (Wildman–Crippen LogP) is 3.90. The predicted molar refractivity (Wildman–Crippen MR) is 110 cm³/mol. The molecule has 0 aromatic heterocycles. The van der Waals surface area contributed by atoms with Gasteiger partial charge in [0.2, 0.25) is 0 Å². The molecule has 1 aliphatic heterocycles. The van der Waals surface area contributed by atoms with Gasteiger partial charge >= 0.3 is 11.8 Å². The summed E-state index contributed by atoms with van der Waals surface area (Å²) in [6.45, 7) is 6.00. The van der Waals surface area contributed by atoms with E-state index in [-0.39, 0.29) is 0 Å². The van der Waals surface area contributed by atoms with E-state index in [1.54, 1.807) is 11.0 Å². The summed E-state index contributed by atoms with van der Waals surface area (Å²) in [6, 6.07) is 11.3. The van der Waals surface area contributed by atoms with Crippen LogP contribution in [0.2, 0.25) is 10.0 Å². The second-order valence-electron chi connectivity index (χ2n) is 6.65. The lowest BCUT2D eigenvalue weighted by molar-refractivity contribution is -0.143. The number of hydrogen-bond donors (Lipinski definition) is 1. The van der Waals surface area contributed by atoms with Gasteiger partial charge in [-0.3, -0.25) is 9.59 Å². The summed E-state index contributed by atoms with van der Waals surface area (Å²) in [5, 5.41) is 3.77. The summed E-state index contributed by atoms with van der Waals surface area (Å²) < 4.78 is 0. The number of amides is 2. The van der Waals surface area contributed by atoms with Crippen molar-refractivity contribution in [1.82, 2.24) is 4.90 Å². The molecule has 0 atom stereocenters. The van der Waals surface area contributed by atoms with Crippen molar-refractivity contribution in [2.75, 3.05) is 36.4 Å². The molecule has 2 aromatic rings. The first kappa shape index (κ1) is 19.5. The third kappa shape index (κ3) is 4.54. The molecule has 27 heavy (non-hydrogen) atoms. The Bertz CT molecular complexity index is 854. The van der Waals surface area contributed by atoms with Crippen LogP contribution < -0.4 is 10.2 Å². The number of nitrogens with one attached hydrogen (secondary N) is 1. The maximum atomic E-state index is 12.5. The van der Waals surface area contributed by atoms with Crippen LogP contribution in [0.15, 0.2) is 36.4 Å². The van der Waals surface area contributed by atoms with Crippen LogP contribution in [0, 0.1) is 13.8 Å². The Labute approximate surface area is 168 Å². The molecular weight excluding hydrogens is 385 g/mol. The van der Waals surface area contributed by atoms with E-state index < -0.39 is 11.8 Å². The normalized spacial score (nSPS) is 14.2. The molecule has 1 saturated heterocycles. The lowest BCUT2D eigenvalue weighted by Gasteiger charge is -2.35. The van der Waals surface area contributed by atoms with Crippen LogP contribution in [0.5, 0.6) is 0 Å². The second-order valence-corrected chi connectivity index (χ2v) is 7.50. The molecule has 0 bridgehead atoms. The molecule has 142 valence electrons. The highest BCUT2D eigenvalue weighted by molar-refractivity contribution is 6.41. The number of nitrogens with zero attached hydrogens (tertiary/aromatic N) is 2. The summed E-state index contributed by atoms with van der Waals surface area (Å²) in [5.74, 6) is -1.21. The van der Waals surface area contributed by atoms with Gasteiger partial charge in [-0.1, -0.05) is 35.3 Å². The molecule has 0 spiro atoms. The maximum absolute atomic E-state index is 12.5. The van der Waals surface area contributed by atoms with Gasteiger partial charge in [0.15, 0.2) is 0 Å². The van der Waals surface area contributed by atoms with Crippen LogP contribution in [0.1, 0.15) is 11.1 Å². The van der Waals surface area contributed by atoms with Gasteiger partial charge in [-0.05, 0) is 49.2 Å². The van der Waals surface area contributed by atoms with E-state index in [4.69, 9.17) is 23.2 Å². The largest absolute Gasteiger partial charge is 0.368 e. The van der Waals surface area contributed by atoms with Crippen LogP contribution in [0.25, 0.3) is 0 Å². The zero-order chi connectivity index (χ0) is 19.6. The topological polar surface area (TPSA) is 52.7 Å². The minimum absolute atomic E-state index is 0.430. The smallest absolute Gasteiger partial charge is 0.313 e. The molecule has 0 saturated carbocycles. The first-order chi connectivity index (χ1) is 12.8. The quantitative estimate of drug-likeness (QED) is 0.770. The van der Waals surface area contributed by atoms with E-state index in [1.165, 1.54) is 0 Å². The summed E-state index contributed by atoms with van der Waals surface area (Å²) in [7, 11) is 0. The first-order valence-electron chi connectivity index (χ1n) is 8.72. The lowest BCUT2D eigenvalue weighted by atomic mass is 10.1. The van der Waals surface area contributed by atoms with Crippen molar-refractivity contribution in [3.63, 3.8) is 0 Å². The monoisotopic (exact) mass is 405 g/mol. The van der Waals surface area contributed by atoms with E-state index in [0.29, 0.717) is 41.9 Å². The number of carbonyl (C=O) groups excluding carboxylic acids is 2. The highest BCUT2D eigenvalue weighted by Gasteiger charge is 2.27. The second kappa shape index (κ2) is 8.19.